The van der Waals surface area contributed by atoms with Gasteiger partial charge < -0.3 is 5.32 Å². The van der Waals surface area contributed by atoms with Crippen LogP contribution >= 0.6 is 0 Å². The number of hydrogen-bond acceptors (Lipinski definition) is 3. The van der Waals surface area contributed by atoms with Crippen molar-refractivity contribution in [3.8, 4) is 11.3 Å². The first-order valence-electron chi connectivity index (χ1n) is 7.59. The summed E-state index contributed by atoms with van der Waals surface area (Å²) in [5.74, 6) is 0. The molecule has 0 radical (unpaired) electrons. The van der Waals surface area contributed by atoms with Gasteiger partial charge in [-0.15, -0.1) is 0 Å². The first kappa shape index (κ1) is 14.0. The zero-order chi connectivity index (χ0) is 14.8. The fourth-order valence-corrected chi connectivity index (χ4v) is 2.34. The number of hydrogen-bond donors (Lipinski definition) is 1. The normalized spacial score (nSPS) is 14.4. The molecule has 21 heavy (non-hydrogen) atoms. The molecule has 0 spiro atoms. The second-order valence-electron chi connectivity index (χ2n) is 5.70. The van der Waals surface area contributed by atoms with Gasteiger partial charge in [-0.25, -0.2) is 4.68 Å². The van der Waals surface area contributed by atoms with Gasteiger partial charge in [-0.1, -0.05) is 29.8 Å². The lowest BCUT2D eigenvalue weighted by atomic mass is 10.1. The van der Waals surface area contributed by atoms with Crippen molar-refractivity contribution in [1.82, 2.24) is 15.1 Å². The molecule has 1 N–H and O–H groups in total. The summed E-state index contributed by atoms with van der Waals surface area (Å²) in [7, 11) is 0. The van der Waals surface area contributed by atoms with Gasteiger partial charge in [-0.05, 0) is 32.8 Å². The molecule has 0 atom stereocenters. The highest BCUT2D eigenvalue weighted by Gasteiger charge is 2.21. The first-order valence-corrected chi connectivity index (χ1v) is 7.59. The van der Waals surface area contributed by atoms with E-state index in [2.05, 4.69) is 41.6 Å². The average Bonchev–Trinajstić information content (AvgIpc) is 3.31. The van der Waals surface area contributed by atoms with Crippen LogP contribution in [-0.2, 0) is 13.1 Å². The molecule has 0 unspecified atom stereocenters. The Morgan fingerprint density at radius 3 is 2.62 bits per heavy atom. The van der Waals surface area contributed by atoms with E-state index in [1.165, 1.54) is 18.4 Å². The minimum absolute atomic E-state index is 0.0153. The van der Waals surface area contributed by atoms with Crippen LogP contribution in [0.3, 0.4) is 0 Å². The summed E-state index contributed by atoms with van der Waals surface area (Å²) in [6.07, 6.45) is 2.44. The molecule has 1 aliphatic rings. The lowest BCUT2D eigenvalue weighted by molar-refractivity contribution is 0.596. The molecule has 0 bridgehead atoms. The summed E-state index contributed by atoms with van der Waals surface area (Å²) in [6, 6.07) is 10.8. The van der Waals surface area contributed by atoms with Crippen molar-refractivity contribution in [2.45, 2.75) is 45.8 Å². The van der Waals surface area contributed by atoms with E-state index in [1.54, 1.807) is 4.68 Å². The third-order valence-corrected chi connectivity index (χ3v) is 3.85. The van der Waals surface area contributed by atoms with Crippen molar-refractivity contribution >= 4 is 0 Å². The van der Waals surface area contributed by atoms with E-state index < -0.39 is 0 Å². The summed E-state index contributed by atoms with van der Waals surface area (Å²) >= 11 is 0. The summed E-state index contributed by atoms with van der Waals surface area (Å²) in [6.45, 7) is 5.24. The largest absolute Gasteiger partial charge is 0.310 e. The second kappa shape index (κ2) is 5.82. The Bertz CT molecular complexity index is 684. The van der Waals surface area contributed by atoms with Crippen LogP contribution in [0.5, 0.6) is 0 Å². The molecule has 1 saturated carbocycles. The third-order valence-electron chi connectivity index (χ3n) is 3.85. The molecule has 0 amide bonds. The van der Waals surface area contributed by atoms with Crippen molar-refractivity contribution in [3.05, 3.63) is 51.8 Å². The zero-order valence-corrected chi connectivity index (χ0v) is 12.6. The minimum atomic E-state index is 0.0153. The minimum Gasteiger partial charge on any atom is -0.310 e. The van der Waals surface area contributed by atoms with Crippen LogP contribution in [0.1, 0.15) is 30.9 Å². The lowest BCUT2D eigenvalue weighted by Gasteiger charge is -2.10. The van der Waals surface area contributed by atoms with Gasteiger partial charge in [-0.3, -0.25) is 4.79 Å². The van der Waals surface area contributed by atoms with Gasteiger partial charge in [0.15, 0.2) is 0 Å². The standard InChI is InChI=1S/C17H21N3O/c1-3-20-17(21)14(11-18-15-8-9-15)10-16(19-20)13-6-4-12(2)5-7-13/h4-7,10,15,18H,3,8-9,11H2,1-2H3. The Labute approximate surface area is 124 Å². The van der Waals surface area contributed by atoms with Crippen molar-refractivity contribution < 1.29 is 0 Å². The molecule has 3 rings (SSSR count). The molecular weight excluding hydrogens is 262 g/mol. The fourth-order valence-electron chi connectivity index (χ4n) is 2.34. The molecular formula is C17H21N3O. The van der Waals surface area contributed by atoms with Gasteiger partial charge in [0.2, 0.25) is 0 Å². The van der Waals surface area contributed by atoms with Crippen LogP contribution in [0.2, 0.25) is 0 Å². The summed E-state index contributed by atoms with van der Waals surface area (Å²) in [5.41, 5.74) is 3.95. The Morgan fingerprint density at radius 2 is 2.00 bits per heavy atom. The van der Waals surface area contributed by atoms with Gasteiger partial charge in [0.25, 0.3) is 5.56 Å². The topological polar surface area (TPSA) is 46.9 Å². The highest BCUT2D eigenvalue weighted by Crippen LogP contribution is 2.20. The first-order chi connectivity index (χ1) is 10.2. The number of nitrogens with zero attached hydrogens (tertiary/aromatic N) is 2. The SMILES string of the molecule is CCn1nc(-c2ccc(C)cc2)cc(CNC2CC2)c1=O. The molecule has 1 aromatic heterocycles. The Hall–Kier alpha value is -1.94. The predicted octanol–water partition coefficient (Wildman–Crippen LogP) is 2.49. The van der Waals surface area contributed by atoms with Crippen LogP contribution in [0, 0.1) is 6.92 Å². The summed E-state index contributed by atoms with van der Waals surface area (Å²) in [5, 5.41) is 7.88. The highest BCUT2D eigenvalue weighted by atomic mass is 16.1. The number of benzene rings is 1. The van der Waals surface area contributed by atoms with Gasteiger partial charge in [-0.2, -0.15) is 5.10 Å². The van der Waals surface area contributed by atoms with E-state index in [0.717, 1.165) is 16.8 Å². The highest BCUT2D eigenvalue weighted by molar-refractivity contribution is 5.59. The molecule has 4 heteroatoms. The fraction of sp³-hybridized carbons (Fsp3) is 0.412. The van der Waals surface area contributed by atoms with E-state index in [4.69, 9.17) is 0 Å². The molecule has 1 aliphatic carbocycles. The Balaban J connectivity index is 1.97. The smallest absolute Gasteiger partial charge is 0.271 e. The summed E-state index contributed by atoms with van der Waals surface area (Å²) in [4.78, 5) is 12.3. The maximum absolute atomic E-state index is 12.3. The quantitative estimate of drug-likeness (QED) is 0.917. The number of rotatable bonds is 5. The number of aromatic nitrogens is 2. The van der Waals surface area contributed by atoms with Crippen LogP contribution in [0.4, 0.5) is 0 Å². The number of aryl methyl sites for hydroxylation is 2. The van der Waals surface area contributed by atoms with Gasteiger partial charge >= 0.3 is 0 Å². The molecule has 4 nitrogen and oxygen atoms in total. The van der Waals surface area contributed by atoms with Gasteiger partial charge in [0.1, 0.15) is 0 Å². The monoisotopic (exact) mass is 283 g/mol. The van der Waals surface area contributed by atoms with Crippen molar-refractivity contribution in [1.29, 1.82) is 0 Å². The van der Waals surface area contributed by atoms with Crippen LogP contribution in [-0.4, -0.2) is 15.8 Å². The lowest BCUT2D eigenvalue weighted by Crippen LogP contribution is -2.29. The molecule has 1 fully saturated rings. The van der Waals surface area contributed by atoms with E-state index in [-0.39, 0.29) is 5.56 Å². The number of nitrogens with one attached hydrogen (secondary N) is 1. The van der Waals surface area contributed by atoms with Crippen molar-refractivity contribution in [2.75, 3.05) is 0 Å². The van der Waals surface area contributed by atoms with E-state index in [9.17, 15) is 4.79 Å². The predicted molar refractivity (Wildman–Crippen MR) is 84.2 cm³/mol. The maximum atomic E-state index is 12.3. The summed E-state index contributed by atoms with van der Waals surface area (Å²) < 4.78 is 1.55. The van der Waals surface area contributed by atoms with Gasteiger partial charge in [0.05, 0.1) is 5.69 Å². The zero-order valence-electron chi connectivity index (χ0n) is 12.6. The van der Waals surface area contributed by atoms with Crippen molar-refractivity contribution in [3.63, 3.8) is 0 Å². The van der Waals surface area contributed by atoms with E-state index in [1.807, 2.05) is 13.0 Å². The van der Waals surface area contributed by atoms with Crippen LogP contribution in [0.25, 0.3) is 11.3 Å². The van der Waals surface area contributed by atoms with Crippen molar-refractivity contribution in [2.24, 2.45) is 0 Å². The molecule has 1 heterocycles. The third kappa shape index (κ3) is 3.22. The van der Waals surface area contributed by atoms with Gasteiger partial charge in [0, 0.05) is 30.3 Å². The maximum Gasteiger partial charge on any atom is 0.271 e. The molecule has 1 aromatic carbocycles. The van der Waals surface area contributed by atoms with Crippen LogP contribution in [0.15, 0.2) is 35.1 Å². The second-order valence-corrected chi connectivity index (χ2v) is 5.70. The Kier molecular flexibility index (Phi) is 3.88. The Morgan fingerprint density at radius 1 is 1.29 bits per heavy atom. The van der Waals surface area contributed by atoms with E-state index >= 15 is 0 Å². The average molecular weight is 283 g/mol. The molecule has 2 aromatic rings. The molecule has 110 valence electrons. The van der Waals surface area contributed by atoms with Crippen LogP contribution < -0.4 is 10.9 Å². The van der Waals surface area contributed by atoms with E-state index in [0.29, 0.717) is 19.1 Å². The molecule has 0 saturated heterocycles. The molecule has 0 aliphatic heterocycles.